The van der Waals surface area contributed by atoms with Gasteiger partial charge in [0.15, 0.2) is 0 Å². The number of hydrogen-bond donors (Lipinski definition) is 2. The minimum Gasteiger partial charge on any atom is -0.402 e. The van der Waals surface area contributed by atoms with Crippen LogP contribution in [0.3, 0.4) is 0 Å². The van der Waals surface area contributed by atoms with Crippen LogP contribution in [-0.2, 0) is 0 Å². The monoisotopic (exact) mass is 308 g/mol. The van der Waals surface area contributed by atoms with Crippen LogP contribution in [0.4, 0.5) is 0 Å². The van der Waals surface area contributed by atoms with E-state index in [1.807, 2.05) is 45.1 Å². The molecule has 0 atom stereocenters. The highest BCUT2D eigenvalue weighted by molar-refractivity contribution is 5.79. The summed E-state index contributed by atoms with van der Waals surface area (Å²) < 4.78 is 0. The van der Waals surface area contributed by atoms with Gasteiger partial charge in [0.2, 0.25) is 0 Å². The van der Waals surface area contributed by atoms with Gasteiger partial charge in [0.25, 0.3) is 0 Å². The lowest BCUT2D eigenvalue weighted by atomic mass is 10.3. The van der Waals surface area contributed by atoms with Crippen molar-refractivity contribution in [3.63, 3.8) is 0 Å². The van der Waals surface area contributed by atoms with Gasteiger partial charge in [0, 0.05) is 11.4 Å². The van der Waals surface area contributed by atoms with Crippen LogP contribution < -0.4 is 11.5 Å². The maximum Gasteiger partial charge on any atom is 0.0820 e. The van der Waals surface area contributed by atoms with Crippen molar-refractivity contribution in [2.45, 2.75) is 20.8 Å². The van der Waals surface area contributed by atoms with Crippen LogP contribution in [0.15, 0.2) is 105 Å². The van der Waals surface area contributed by atoms with Crippen molar-refractivity contribution in [1.29, 1.82) is 0 Å². The maximum absolute atomic E-state index is 5.68. The Hall–Kier alpha value is -2.88. The first-order valence-corrected chi connectivity index (χ1v) is 7.29. The summed E-state index contributed by atoms with van der Waals surface area (Å²) in [7, 11) is 0. The molecule has 120 valence electrons. The number of allylic oxidation sites excluding steroid dienone is 12. The predicted molar refractivity (Wildman–Crippen MR) is 98.1 cm³/mol. The molecule has 1 saturated carbocycles. The maximum atomic E-state index is 5.68. The predicted octanol–water partition coefficient (Wildman–Crippen LogP) is 4.56. The largest absolute Gasteiger partial charge is 0.402 e. The van der Waals surface area contributed by atoms with Gasteiger partial charge in [-0.3, -0.25) is 0 Å². The topological polar surface area (TPSA) is 76.8 Å². The Labute approximate surface area is 138 Å². The lowest BCUT2D eigenvalue weighted by molar-refractivity contribution is 1.08. The van der Waals surface area contributed by atoms with E-state index in [0.717, 1.165) is 33.8 Å². The van der Waals surface area contributed by atoms with Crippen LogP contribution >= 0.6 is 0 Å². The Bertz CT molecular complexity index is 704. The average molecular weight is 308 g/mol. The Morgan fingerprint density at radius 1 is 1.04 bits per heavy atom. The molecule has 4 N–H and O–H groups in total. The Kier molecular flexibility index (Phi) is 6.74. The second kappa shape index (κ2) is 8.54. The summed E-state index contributed by atoms with van der Waals surface area (Å²) in [6.45, 7) is 13.2. The molecule has 0 aromatic carbocycles. The standard InChI is InChI=1S/C19H24N4/c1-6-16(21)10-11-18-15(5)19(18)12-17(7-2)23-22-14(4)9-8-13(3)20/h6-12H,1,5,20-21H2,2-4H3/b13-8+,14-9+,16-10+,17-7+,18-11+,19-12-,23-22?. The molecule has 1 aliphatic rings. The molecule has 0 unspecified atom stereocenters. The van der Waals surface area contributed by atoms with Gasteiger partial charge in [0.05, 0.1) is 11.4 Å². The van der Waals surface area contributed by atoms with E-state index in [4.69, 9.17) is 11.5 Å². The van der Waals surface area contributed by atoms with Crippen molar-refractivity contribution < 1.29 is 0 Å². The number of nitrogens with two attached hydrogens (primary N) is 2. The summed E-state index contributed by atoms with van der Waals surface area (Å²) in [6.07, 6.45) is 12.8. The molecule has 0 radical (unpaired) electrons. The second-order valence-corrected chi connectivity index (χ2v) is 5.12. The van der Waals surface area contributed by atoms with E-state index < -0.39 is 0 Å². The Morgan fingerprint density at radius 3 is 2.30 bits per heavy atom. The molecule has 1 fully saturated rings. The number of rotatable bonds is 6. The van der Waals surface area contributed by atoms with Gasteiger partial charge in [-0.15, -0.1) is 0 Å². The molecule has 0 spiro atoms. The highest BCUT2D eigenvalue weighted by Gasteiger charge is 2.26. The van der Waals surface area contributed by atoms with Gasteiger partial charge in [-0.05, 0) is 67.9 Å². The molecule has 1 rings (SSSR count). The SMILES string of the molecule is C=C\C(N)=C/C=C1\C(=C)\C1=C\C(=C/C)N=N/C(C)=C/C=C(\C)N. The van der Waals surface area contributed by atoms with Crippen molar-refractivity contribution in [2.75, 3.05) is 0 Å². The molecule has 0 aromatic rings. The van der Waals surface area contributed by atoms with E-state index in [9.17, 15) is 0 Å². The molecule has 0 aromatic heterocycles. The van der Waals surface area contributed by atoms with Gasteiger partial charge in [-0.25, -0.2) is 0 Å². The van der Waals surface area contributed by atoms with Gasteiger partial charge in [0.1, 0.15) is 0 Å². The van der Waals surface area contributed by atoms with Crippen LogP contribution in [-0.4, -0.2) is 0 Å². The average Bonchev–Trinajstić information content (AvgIpc) is 3.14. The number of nitrogens with zero attached hydrogens (tertiary/aromatic N) is 2. The summed E-state index contributed by atoms with van der Waals surface area (Å²) in [4.78, 5) is 0. The summed E-state index contributed by atoms with van der Waals surface area (Å²) in [5, 5.41) is 8.39. The highest BCUT2D eigenvalue weighted by atomic mass is 15.1. The first-order valence-electron chi connectivity index (χ1n) is 7.29. The van der Waals surface area contributed by atoms with Crippen LogP contribution in [0.5, 0.6) is 0 Å². The van der Waals surface area contributed by atoms with E-state index in [2.05, 4.69) is 23.4 Å². The molecule has 1 aliphatic carbocycles. The molecule has 4 nitrogen and oxygen atoms in total. The number of azo groups is 1. The van der Waals surface area contributed by atoms with Crippen LogP contribution in [0.25, 0.3) is 0 Å². The highest BCUT2D eigenvalue weighted by Crippen LogP contribution is 2.43. The molecular weight excluding hydrogens is 284 g/mol. The fourth-order valence-electron chi connectivity index (χ4n) is 1.60. The summed E-state index contributed by atoms with van der Waals surface area (Å²) in [5.74, 6) is 0. The number of hydrogen-bond acceptors (Lipinski definition) is 4. The third-order valence-corrected chi connectivity index (χ3v) is 3.05. The van der Waals surface area contributed by atoms with Crippen LogP contribution in [0.2, 0.25) is 0 Å². The zero-order chi connectivity index (χ0) is 17.4. The summed E-state index contributed by atoms with van der Waals surface area (Å²) in [6, 6.07) is 0. The van der Waals surface area contributed by atoms with Gasteiger partial charge in [-0.2, -0.15) is 10.2 Å². The molecule has 23 heavy (non-hydrogen) atoms. The minimum atomic E-state index is 0.617. The first kappa shape index (κ1) is 18.2. The van der Waals surface area contributed by atoms with E-state index in [1.54, 1.807) is 18.2 Å². The normalized spacial score (nSPS) is 20.7. The Morgan fingerprint density at radius 2 is 1.74 bits per heavy atom. The van der Waals surface area contributed by atoms with Gasteiger partial charge < -0.3 is 11.5 Å². The van der Waals surface area contributed by atoms with Gasteiger partial charge >= 0.3 is 0 Å². The van der Waals surface area contributed by atoms with E-state index in [1.165, 1.54) is 0 Å². The molecule has 0 saturated heterocycles. The molecule has 0 heterocycles. The van der Waals surface area contributed by atoms with E-state index in [0.29, 0.717) is 5.70 Å². The van der Waals surface area contributed by atoms with Crippen molar-refractivity contribution >= 4 is 0 Å². The second-order valence-electron chi connectivity index (χ2n) is 5.12. The molecule has 0 aliphatic heterocycles. The molecular formula is C19H24N4. The third-order valence-electron chi connectivity index (χ3n) is 3.05. The van der Waals surface area contributed by atoms with Crippen molar-refractivity contribution in [3.8, 4) is 0 Å². The minimum absolute atomic E-state index is 0.617. The zero-order valence-corrected chi connectivity index (χ0v) is 14.0. The van der Waals surface area contributed by atoms with Crippen molar-refractivity contribution in [1.82, 2.24) is 0 Å². The van der Waals surface area contributed by atoms with E-state index in [-0.39, 0.29) is 0 Å². The fraction of sp³-hybridized carbons (Fsp3) is 0.158. The zero-order valence-electron chi connectivity index (χ0n) is 14.0. The van der Waals surface area contributed by atoms with Crippen LogP contribution in [0.1, 0.15) is 20.8 Å². The smallest absolute Gasteiger partial charge is 0.0820 e. The Balaban J connectivity index is 2.86. The lowest BCUT2D eigenvalue weighted by Crippen LogP contribution is -1.89. The third kappa shape index (κ3) is 6.18. The van der Waals surface area contributed by atoms with Crippen LogP contribution in [0, 0.1) is 0 Å². The van der Waals surface area contributed by atoms with Crippen molar-refractivity contribution in [3.05, 3.63) is 95.2 Å². The molecule has 0 bridgehead atoms. The summed E-state index contributed by atoms with van der Waals surface area (Å²) >= 11 is 0. The van der Waals surface area contributed by atoms with Crippen molar-refractivity contribution in [2.24, 2.45) is 21.7 Å². The first-order chi connectivity index (χ1) is 10.9. The lowest BCUT2D eigenvalue weighted by Gasteiger charge is -1.92. The van der Waals surface area contributed by atoms with E-state index >= 15 is 0 Å². The summed E-state index contributed by atoms with van der Waals surface area (Å²) in [5.41, 5.74) is 17.3. The molecule has 0 amide bonds. The quantitative estimate of drug-likeness (QED) is 0.557. The van der Waals surface area contributed by atoms with Gasteiger partial charge in [-0.1, -0.05) is 25.3 Å². The fourth-order valence-corrected chi connectivity index (χ4v) is 1.60. The molecule has 4 heteroatoms.